The quantitative estimate of drug-likeness (QED) is 0.509. The van der Waals surface area contributed by atoms with E-state index in [4.69, 9.17) is 12.2 Å². The summed E-state index contributed by atoms with van der Waals surface area (Å²) in [5.74, 6) is 0.782. The molecular formula is C19H21N5OS. The largest absolute Gasteiger partial charge is 0.507 e. The summed E-state index contributed by atoms with van der Waals surface area (Å²) in [7, 11) is 0. The van der Waals surface area contributed by atoms with E-state index in [9.17, 15) is 5.11 Å². The van der Waals surface area contributed by atoms with Crippen LogP contribution in [0.5, 0.6) is 5.75 Å². The molecule has 3 rings (SSSR count). The molecule has 2 aromatic carbocycles. The molecule has 1 aromatic heterocycles. The predicted octanol–water partition coefficient (Wildman–Crippen LogP) is 4.04. The first-order valence-electron chi connectivity index (χ1n) is 8.49. The maximum Gasteiger partial charge on any atom is 0.216 e. The minimum Gasteiger partial charge on any atom is -0.507 e. The molecule has 3 aromatic rings. The molecule has 0 saturated carbocycles. The lowest BCUT2D eigenvalue weighted by Gasteiger charge is -2.20. The number of hydrogen-bond donors (Lipinski definition) is 2. The Morgan fingerprint density at radius 1 is 1.15 bits per heavy atom. The van der Waals surface area contributed by atoms with Crippen molar-refractivity contribution in [1.29, 1.82) is 0 Å². The maximum absolute atomic E-state index is 9.87. The first-order chi connectivity index (χ1) is 12.6. The highest BCUT2D eigenvalue weighted by Gasteiger charge is 2.09. The van der Waals surface area contributed by atoms with Crippen LogP contribution in [0, 0.1) is 4.77 Å². The van der Waals surface area contributed by atoms with Crippen LogP contribution < -0.4 is 4.90 Å². The van der Waals surface area contributed by atoms with E-state index in [0.717, 1.165) is 24.3 Å². The minimum absolute atomic E-state index is 0.163. The topological polar surface area (TPSA) is 69.4 Å². The molecule has 7 heteroatoms. The number of nitrogens with one attached hydrogen (secondary N) is 1. The van der Waals surface area contributed by atoms with Crippen molar-refractivity contribution in [1.82, 2.24) is 14.9 Å². The van der Waals surface area contributed by atoms with Gasteiger partial charge in [0.1, 0.15) is 5.75 Å². The molecular weight excluding hydrogens is 346 g/mol. The predicted molar refractivity (Wildman–Crippen MR) is 108 cm³/mol. The normalized spacial score (nSPS) is 11.2. The Morgan fingerprint density at radius 2 is 1.85 bits per heavy atom. The number of nitrogens with zero attached hydrogens (tertiary/aromatic N) is 4. The van der Waals surface area contributed by atoms with Crippen LogP contribution in [0.15, 0.2) is 53.6 Å². The van der Waals surface area contributed by atoms with Gasteiger partial charge in [-0.2, -0.15) is 14.9 Å². The van der Waals surface area contributed by atoms with Gasteiger partial charge >= 0.3 is 0 Å². The van der Waals surface area contributed by atoms with Gasteiger partial charge in [-0.1, -0.05) is 12.1 Å². The Labute approximate surface area is 157 Å². The van der Waals surface area contributed by atoms with Gasteiger partial charge in [-0.05, 0) is 62.5 Å². The second-order valence-corrected chi connectivity index (χ2v) is 6.07. The standard InChI is InChI=1S/C19H21N5OS/c1-3-23(4-2)16-11-9-14(10-12-16)18-21-22-19(26)24(18)20-13-15-7-5-6-8-17(15)25/h5-13,25H,3-4H2,1-2H3,(H,22,26)/b20-13+. The number of benzene rings is 2. The van der Waals surface area contributed by atoms with E-state index in [1.165, 1.54) is 0 Å². The number of aromatic amines is 1. The van der Waals surface area contributed by atoms with Crippen LogP contribution in [0.4, 0.5) is 5.69 Å². The Balaban J connectivity index is 1.93. The third kappa shape index (κ3) is 3.67. The van der Waals surface area contributed by atoms with Crippen LogP contribution in [-0.4, -0.2) is 39.3 Å². The lowest BCUT2D eigenvalue weighted by molar-refractivity contribution is 0.474. The third-order valence-electron chi connectivity index (χ3n) is 4.15. The molecule has 0 fully saturated rings. The van der Waals surface area contributed by atoms with Crippen molar-refractivity contribution in [3.05, 3.63) is 58.9 Å². The monoisotopic (exact) mass is 367 g/mol. The smallest absolute Gasteiger partial charge is 0.216 e. The van der Waals surface area contributed by atoms with E-state index in [-0.39, 0.29) is 5.75 Å². The number of phenols is 1. The first-order valence-corrected chi connectivity index (χ1v) is 8.90. The van der Waals surface area contributed by atoms with E-state index in [1.807, 2.05) is 18.2 Å². The second-order valence-electron chi connectivity index (χ2n) is 5.69. The van der Waals surface area contributed by atoms with E-state index in [0.29, 0.717) is 16.2 Å². The fourth-order valence-corrected chi connectivity index (χ4v) is 2.89. The van der Waals surface area contributed by atoms with Crippen LogP contribution in [0.1, 0.15) is 19.4 Å². The van der Waals surface area contributed by atoms with Crippen LogP contribution >= 0.6 is 12.2 Å². The maximum atomic E-state index is 9.87. The number of rotatable bonds is 6. The molecule has 6 nitrogen and oxygen atoms in total. The molecule has 0 spiro atoms. The van der Waals surface area contributed by atoms with Gasteiger partial charge in [-0.25, -0.2) is 5.10 Å². The van der Waals surface area contributed by atoms with Gasteiger partial charge in [0, 0.05) is 29.9 Å². The average Bonchev–Trinajstić information content (AvgIpc) is 3.03. The molecule has 0 saturated heterocycles. The number of anilines is 1. The Hall–Kier alpha value is -2.93. The molecule has 0 bridgehead atoms. The summed E-state index contributed by atoms with van der Waals surface area (Å²) in [5.41, 5.74) is 2.68. The number of hydrogen-bond acceptors (Lipinski definition) is 5. The number of aromatic nitrogens is 3. The van der Waals surface area contributed by atoms with Gasteiger partial charge in [0.15, 0.2) is 5.82 Å². The zero-order valence-electron chi connectivity index (χ0n) is 14.8. The van der Waals surface area contributed by atoms with Crippen LogP contribution in [0.25, 0.3) is 11.4 Å². The highest BCUT2D eigenvalue weighted by Crippen LogP contribution is 2.22. The van der Waals surface area contributed by atoms with E-state index < -0.39 is 0 Å². The van der Waals surface area contributed by atoms with Gasteiger partial charge in [0.2, 0.25) is 4.77 Å². The number of aromatic hydroxyl groups is 1. The van der Waals surface area contributed by atoms with Gasteiger partial charge < -0.3 is 10.0 Å². The first kappa shape index (κ1) is 17.9. The molecule has 0 aliphatic carbocycles. The zero-order chi connectivity index (χ0) is 18.5. The second kappa shape index (κ2) is 7.97. The molecule has 0 unspecified atom stereocenters. The van der Waals surface area contributed by atoms with Gasteiger partial charge in [-0.3, -0.25) is 0 Å². The molecule has 0 amide bonds. The summed E-state index contributed by atoms with van der Waals surface area (Å²) >= 11 is 5.29. The molecule has 0 aliphatic rings. The van der Waals surface area contributed by atoms with Crippen LogP contribution in [0.2, 0.25) is 0 Å². The van der Waals surface area contributed by atoms with Crippen molar-refractivity contribution in [2.45, 2.75) is 13.8 Å². The van der Waals surface area contributed by atoms with Crippen LogP contribution in [-0.2, 0) is 0 Å². The Kier molecular flexibility index (Phi) is 5.48. The van der Waals surface area contributed by atoms with Crippen molar-refractivity contribution in [2.75, 3.05) is 18.0 Å². The van der Waals surface area contributed by atoms with Gasteiger partial charge in [0.05, 0.1) is 6.21 Å². The Morgan fingerprint density at radius 3 is 2.50 bits per heavy atom. The fourth-order valence-electron chi connectivity index (χ4n) is 2.71. The summed E-state index contributed by atoms with van der Waals surface area (Å²) in [5, 5.41) is 21.3. The van der Waals surface area contributed by atoms with Crippen molar-refractivity contribution in [3.8, 4) is 17.1 Å². The summed E-state index contributed by atoms with van der Waals surface area (Å²) in [6.07, 6.45) is 1.56. The molecule has 134 valence electrons. The van der Waals surface area contributed by atoms with Crippen molar-refractivity contribution in [2.24, 2.45) is 5.10 Å². The van der Waals surface area contributed by atoms with E-state index in [1.54, 1.807) is 29.1 Å². The SMILES string of the molecule is CCN(CC)c1ccc(-c2n[nH]c(=S)n2/N=C/c2ccccc2O)cc1. The Bertz CT molecular complexity index is 955. The van der Waals surface area contributed by atoms with E-state index >= 15 is 0 Å². The third-order valence-corrected chi connectivity index (χ3v) is 4.42. The summed E-state index contributed by atoms with van der Waals surface area (Å²) in [6.45, 7) is 6.19. The molecule has 2 N–H and O–H groups in total. The average molecular weight is 367 g/mol. The van der Waals surface area contributed by atoms with Gasteiger partial charge in [0.25, 0.3) is 0 Å². The lowest BCUT2D eigenvalue weighted by atomic mass is 10.2. The highest BCUT2D eigenvalue weighted by molar-refractivity contribution is 7.71. The molecule has 0 atom stereocenters. The summed E-state index contributed by atoms with van der Waals surface area (Å²) in [6, 6.07) is 15.1. The van der Waals surface area contributed by atoms with Gasteiger partial charge in [-0.15, -0.1) is 0 Å². The lowest BCUT2D eigenvalue weighted by Crippen LogP contribution is -2.21. The van der Waals surface area contributed by atoms with Crippen molar-refractivity contribution in [3.63, 3.8) is 0 Å². The minimum atomic E-state index is 0.163. The van der Waals surface area contributed by atoms with E-state index in [2.05, 4.69) is 46.2 Å². The molecule has 0 aliphatic heterocycles. The molecule has 26 heavy (non-hydrogen) atoms. The fraction of sp³-hybridized carbons (Fsp3) is 0.211. The zero-order valence-corrected chi connectivity index (χ0v) is 15.6. The van der Waals surface area contributed by atoms with Crippen LogP contribution in [0.3, 0.4) is 0 Å². The summed E-state index contributed by atoms with van der Waals surface area (Å²) < 4.78 is 1.94. The molecule has 1 heterocycles. The van der Waals surface area contributed by atoms with Crippen molar-refractivity contribution >= 4 is 24.1 Å². The summed E-state index contributed by atoms with van der Waals surface area (Å²) in [4.78, 5) is 2.28. The number of H-pyrrole nitrogens is 1. The number of phenolic OH excluding ortho intramolecular Hbond substituents is 1. The van der Waals surface area contributed by atoms with Crippen molar-refractivity contribution < 1.29 is 5.11 Å². The molecule has 0 radical (unpaired) electrons. The number of para-hydroxylation sites is 1. The highest BCUT2D eigenvalue weighted by atomic mass is 32.1.